The molecule has 0 aromatic heterocycles. The van der Waals surface area contributed by atoms with Crippen LogP contribution in [0.15, 0.2) is 71.9 Å². The number of ketones is 1. The molecule has 7 nitrogen and oxygen atoms in total. The third-order valence-electron chi connectivity index (χ3n) is 7.21. The van der Waals surface area contributed by atoms with E-state index >= 15 is 0 Å². The molecule has 1 aliphatic carbocycles. The van der Waals surface area contributed by atoms with Gasteiger partial charge in [0.1, 0.15) is 0 Å². The second-order valence-corrected chi connectivity index (χ2v) is 9.61. The average Bonchev–Trinajstić information content (AvgIpc) is 3.09. The molecule has 2 N–H and O–H groups in total. The normalized spacial score (nSPS) is 18.6. The molecular weight excluding hydrogens is 466 g/mol. The summed E-state index contributed by atoms with van der Waals surface area (Å²) in [5.74, 6) is 1.80. The van der Waals surface area contributed by atoms with Crippen LogP contribution in [0.1, 0.15) is 35.9 Å². The highest BCUT2D eigenvalue weighted by Gasteiger charge is 2.36. The third-order valence-corrected chi connectivity index (χ3v) is 7.21. The highest BCUT2D eigenvalue weighted by atomic mass is 16.5. The zero-order chi connectivity index (χ0) is 26.1. The molecule has 2 atom stereocenters. The summed E-state index contributed by atoms with van der Waals surface area (Å²) in [5.41, 5.74) is 6.80. The van der Waals surface area contributed by atoms with Crippen LogP contribution >= 0.6 is 0 Å². The fourth-order valence-electron chi connectivity index (χ4n) is 5.28. The quantitative estimate of drug-likeness (QED) is 0.447. The van der Waals surface area contributed by atoms with Gasteiger partial charge in [-0.3, -0.25) is 4.79 Å². The van der Waals surface area contributed by atoms with Gasteiger partial charge in [-0.1, -0.05) is 24.3 Å². The lowest BCUT2D eigenvalue weighted by atomic mass is 9.78. The number of benzene rings is 3. The summed E-state index contributed by atoms with van der Waals surface area (Å²) < 4.78 is 16.7. The molecule has 0 unspecified atom stereocenters. The molecule has 0 fully saturated rings. The molecule has 1 aliphatic heterocycles. The van der Waals surface area contributed by atoms with Gasteiger partial charge in [0.25, 0.3) is 0 Å². The number of rotatable bonds is 6. The van der Waals surface area contributed by atoms with Crippen molar-refractivity contribution in [3.8, 4) is 17.2 Å². The van der Waals surface area contributed by atoms with Crippen LogP contribution in [-0.2, 0) is 4.79 Å². The lowest BCUT2D eigenvalue weighted by Gasteiger charge is -2.30. The Morgan fingerprint density at radius 2 is 1.46 bits per heavy atom. The maximum Gasteiger partial charge on any atom is 0.203 e. The van der Waals surface area contributed by atoms with Gasteiger partial charge in [0.15, 0.2) is 17.3 Å². The van der Waals surface area contributed by atoms with Gasteiger partial charge in [-0.25, -0.2) is 0 Å². The van der Waals surface area contributed by atoms with Crippen LogP contribution in [0.3, 0.4) is 0 Å². The zero-order valence-electron chi connectivity index (χ0n) is 21.9. The van der Waals surface area contributed by atoms with Gasteiger partial charge >= 0.3 is 0 Å². The van der Waals surface area contributed by atoms with E-state index in [1.165, 1.54) is 0 Å². The van der Waals surface area contributed by atoms with E-state index in [0.717, 1.165) is 39.5 Å². The Morgan fingerprint density at radius 3 is 2.05 bits per heavy atom. The van der Waals surface area contributed by atoms with Gasteiger partial charge in [-0.2, -0.15) is 0 Å². The number of carbonyl (C=O) groups is 1. The predicted molar refractivity (Wildman–Crippen MR) is 147 cm³/mol. The SMILES string of the molecule is COc1cc([C@@H]2CC(=O)C3=C(C2)Nc2ccccc2N[C@H]3c2ccc(N(C)C)cc2)cc(OC)c1OC. The van der Waals surface area contributed by atoms with E-state index in [1.807, 2.05) is 50.5 Å². The molecule has 0 radical (unpaired) electrons. The highest BCUT2D eigenvalue weighted by Crippen LogP contribution is 2.47. The van der Waals surface area contributed by atoms with Crippen LogP contribution in [0.25, 0.3) is 0 Å². The van der Waals surface area contributed by atoms with E-state index in [1.54, 1.807) is 21.3 Å². The number of anilines is 3. The van der Waals surface area contributed by atoms with E-state index in [4.69, 9.17) is 14.2 Å². The lowest BCUT2D eigenvalue weighted by molar-refractivity contribution is -0.116. The van der Waals surface area contributed by atoms with E-state index in [9.17, 15) is 4.79 Å². The van der Waals surface area contributed by atoms with E-state index < -0.39 is 0 Å². The summed E-state index contributed by atoms with van der Waals surface area (Å²) in [6.45, 7) is 0. The summed E-state index contributed by atoms with van der Waals surface area (Å²) in [5, 5.41) is 7.25. The number of allylic oxidation sites excluding steroid dienone is 1. The Bertz CT molecular complexity index is 1320. The number of ether oxygens (including phenoxy) is 3. The minimum Gasteiger partial charge on any atom is -0.493 e. The maximum atomic E-state index is 13.9. The fourth-order valence-corrected chi connectivity index (χ4v) is 5.28. The van der Waals surface area contributed by atoms with Crippen molar-refractivity contribution < 1.29 is 19.0 Å². The summed E-state index contributed by atoms with van der Waals surface area (Å²) in [6, 6.07) is 20.1. The largest absolute Gasteiger partial charge is 0.493 e. The molecule has 192 valence electrons. The summed E-state index contributed by atoms with van der Waals surface area (Å²) in [6.07, 6.45) is 1.07. The minimum atomic E-state index is -0.254. The molecular formula is C30H33N3O4. The van der Waals surface area contributed by atoms with Crippen LogP contribution < -0.4 is 29.7 Å². The fraction of sp³-hybridized carbons (Fsp3) is 0.300. The number of hydrogen-bond acceptors (Lipinski definition) is 7. The first-order valence-corrected chi connectivity index (χ1v) is 12.4. The van der Waals surface area contributed by atoms with Crippen molar-refractivity contribution in [3.63, 3.8) is 0 Å². The molecule has 3 aromatic rings. The minimum absolute atomic E-state index is 0.0329. The van der Waals surface area contributed by atoms with Gasteiger partial charge < -0.3 is 29.7 Å². The summed E-state index contributed by atoms with van der Waals surface area (Å²) in [7, 11) is 8.85. The van der Waals surface area contributed by atoms with Crippen molar-refractivity contribution >= 4 is 22.8 Å². The van der Waals surface area contributed by atoms with Crippen molar-refractivity contribution in [2.24, 2.45) is 0 Å². The number of Topliss-reactive ketones (excluding diaryl/α,β-unsaturated/α-hetero) is 1. The van der Waals surface area contributed by atoms with Crippen LogP contribution in [0.5, 0.6) is 17.2 Å². The van der Waals surface area contributed by atoms with Gasteiger partial charge in [0.05, 0.1) is 38.7 Å². The van der Waals surface area contributed by atoms with E-state index in [0.29, 0.717) is 30.1 Å². The Morgan fingerprint density at radius 1 is 0.811 bits per heavy atom. The standard InChI is InChI=1S/C30H33N3O4/c1-33(2)21-12-10-18(11-13-21)29-28-24(31-22-8-6-7-9-23(22)32-29)14-19(15-25(28)34)20-16-26(35-3)30(37-5)27(17-20)36-4/h6-13,16-17,19,29,31-32H,14-15H2,1-5H3/t19-,29-/m0/s1. The van der Waals surface area contributed by atoms with E-state index in [-0.39, 0.29) is 17.7 Å². The molecule has 0 bridgehead atoms. The average molecular weight is 500 g/mol. The van der Waals surface area contributed by atoms with Gasteiger partial charge in [0.2, 0.25) is 5.75 Å². The number of nitrogens with zero attached hydrogens (tertiary/aromatic N) is 1. The molecule has 0 spiro atoms. The molecule has 0 amide bonds. The smallest absolute Gasteiger partial charge is 0.203 e. The number of para-hydroxylation sites is 2. The number of carbonyl (C=O) groups excluding carboxylic acids is 1. The summed E-state index contributed by atoms with van der Waals surface area (Å²) >= 11 is 0. The Labute approximate surface area is 218 Å². The van der Waals surface area contributed by atoms with Crippen LogP contribution in [0.4, 0.5) is 17.1 Å². The molecule has 0 saturated heterocycles. The second kappa shape index (κ2) is 10.1. The van der Waals surface area contributed by atoms with Gasteiger partial charge in [-0.15, -0.1) is 0 Å². The molecule has 5 rings (SSSR count). The van der Waals surface area contributed by atoms with Crippen molar-refractivity contribution in [2.75, 3.05) is 51.0 Å². The first-order valence-electron chi connectivity index (χ1n) is 12.4. The van der Waals surface area contributed by atoms with Gasteiger partial charge in [0, 0.05) is 37.5 Å². The third kappa shape index (κ3) is 4.57. The predicted octanol–water partition coefficient (Wildman–Crippen LogP) is 5.76. The van der Waals surface area contributed by atoms with Crippen LogP contribution in [0, 0.1) is 0 Å². The van der Waals surface area contributed by atoms with Crippen LogP contribution in [0.2, 0.25) is 0 Å². The van der Waals surface area contributed by atoms with Gasteiger partial charge in [-0.05, 0) is 59.9 Å². The first-order chi connectivity index (χ1) is 17.9. The molecule has 37 heavy (non-hydrogen) atoms. The monoisotopic (exact) mass is 499 g/mol. The zero-order valence-corrected chi connectivity index (χ0v) is 21.9. The number of nitrogens with one attached hydrogen (secondary N) is 2. The highest BCUT2D eigenvalue weighted by molar-refractivity contribution is 6.01. The Balaban J connectivity index is 1.58. The lowest BCUT2D eigenvalue weighted by Crippen LogP contribution is -2.27. The van der Waals surface area contributed by atoms with Crippen molar-refractivity contribution in [2.45, 2.75) is 24.8 Å². The first kappa shape index (κ1) is 24.6. The Kier molecular flexibility index (Phi) is 6.70. The van der Waals surface area contributed by atoms with Crippen molar-refractivity contribution in [1.82, 2.24) is 0 Å². The molecule has 0 saturated carbocycles. The van der Waals surface area contributed by atoms with Crippen molar-refractivity contribution in [1.29, 1.82) is 0 Å². The maximum absolute atomic E-state index is 13.9. The number of hydrogen-bond donors (Lipinski definition) is 2. The molecule has 1 heterocycles. The molecule has 7 heteroatoms. The molecule has 2 aliphatic rings. The molecule has 3 aromatic carbocycles. The summed E-state index contributed by atoms with van der Waals surface area (Å²) in [4.78, 5) is 15.9. The number of fused-ring (bicyclic) bond motifs is 1. The van der Waals surface area contributed by atoms with E-state index in [2.05, 4.69) is 39.8 Å². The van der Waals surface area contributed by atoms with Crippen LogP contribution in [-0.4, -0.2) is 41.2 Å². The number of methoxy groups -OCH3 is 3. The Hall–Kier alpha value is -4.13. The second-order valence-electron chi connectivity index (χ2n) is 9.61. The topological polar surface area (TPSA) is 72.1 Å². The van der Waals surface area contributed by atoms with Crippen molar-refractivity contribution in [3.05, 3.63) is 83.1 Å².